The number of nitrogens with zero attached hydrogens (tertiary/aromatic N) is 2. The van der Waals surface area contributed by atoms with E-state index < -0.39 is 17.7 Å². The second-order valence-corrected chi connectivity index (χ2v) is 10.1. The number of hydrogen-bond acceptors (Lipinski definition) is 7. The number of pyridine rings is 1. The molecule has 2 aliphatic rings. The highest BCUT2D eigenvalue weighted by molar-refractivity contribution is 6.46. The van der Waals surface area contributed by atoms with E-state index in [1.54, 1.807) is 42.7 Å². The van der Waals surface area contributed by atoms with Crippen LogP contribution in [0.15, 0.2) is 66.5 Å². The van der Waals surface area contributed by atoms with Gasteiger partial charge in [0.2, 0.25) is 0 Å². The molecule has 40 heavy (non-hydrogen) atoms. The molecule has 3 heterocycles. The SMILES string of the molecule is CCCCOc1ccc([C@H]2/C(=C(\O)c3ccc4c(c3)C[C@@H](C)O4)C(=O)C(=O)N2Cc2cccnc2)cc1OCC. The predicted octanol–water partition coefficient (Wildman–Crippen LogP) is 5.60. The van der Waals surface area contributed by atoms with E-state index in [1.807, 2.05) is 32.0 Å². The quantitative estimate of drug-likeness (QED) is 0.154. The van der Waals surface area contributed by atoms with Gasteiger partial charge in [-0.25, -0.2) is 0 Å². The van der Waals surface area contributed by atoms with Crippen molar-refractivity contribution in [1.29, 1.82) is 0 Å². The number of benzene rings is 2. The molecule has 2 atom stereocenters. The van der Waals surface area contributed by atoms with Crippen LogP contribution in [-0.2, 0) is 22.6 Å². The molecule has 8 nitrogen and oxygen atoms in total. The molecule has 0 bridgehead atoms. The van der Waals surface area contributed by atoms with Gasteiger partial charge in [-0.05, 0) is 73.4 Å². The normalized spacial score (nSPS) is 19.4. The fourth-order valence-electron chi connectivity index (χ4n) is 5.21. The lowest BCUT2D eigenvalue weighted by Crippen LogP contribution is -2.29. The van der Waals surface area contributed by atoms with Crippen LogP contribution in [0.1, 0.15) is 61.9 Å². The predicted molar refractivity (Wildman–Crippen MR) is 150 cm³/mol. The molecular weight excluding hydrogens is 508 g/mol. The molecule has 2 aliphatic heterocycles. The Bertz CT molecular complexity index is 1430. The van der Waals surface area contributed by atoms with Crippen LogP contribution in [0.4, 0.5) is 0 Å². The number of rotatable bonds is 10. The number of aliphatic hydroxyl groups is 1. The first-order valence-electron chi connectivity index (χ1n) is 13.8. The van der Waals surface area contributed by atoms with Crippen LogP contribution < -0.4 is 14.2 Å². The molecule has 1 amide bonds. The molecule has 0 radical (unpaired) electrons. The van der Waals surface area contributed by atoms with Crippen LogP contribution in [0.2, 0.25) is 0 Å². The first-order valence-corrected chi connectivity index (χ1v) is 13.8. The summed E-state index contributed by atoms with van der Waals surface area (Å²) < 4.78 is 17.7. The third-order valence-corrected chi connectivity index (χ3v) is 7.12. The molecule has 5 rings (SSSR count). The summed E-state index contributed by atoms with van der Waals surface area (Å²) in [4.78, 5) is 32.6. The number of Topliss-reactive ketones (excluding diaryl/α,β-unsaturated/α-hetero) is 1. The van der Waals surface area contributed by atoms with Gasteiger partial charge in [-0.3, -0.25) is 14.6 Å². The number of ketones is 1. The second kappa shape index (κ2) is 11.8. The Balaban J connectivity index is 1.61. The Kier molecular flexibility index (Phi) is 8.05. The minimum atomic E-state index is -0.840. The van der Waals surface area contributed by atoms with Crippen molar-refractivity contribution in [2.75, 3.05) is 13.2 Å². The number of fused-ring (bicyclic) bond motifs is 1. The number of carbonyl (C=O) groups excluding carboxylic acids is 2. The lowest BCUT2D eigenvalue weighted by Gasteiger charge is -2.26. The van der Waals surface area contributed by atoms with Crippen LogP contribution in [0.3, 0.4) is 0 Å². The Hall–Kier alpha value is -4.33. The molecule has 2 aromatic carbocycles. The number of unbranched alkanes of at least 4 members (excludes halogenated alkanes) is 1. The fourth-order valence-corrected chi connectivity index (χ4v) is 5.21. The number of amides is 1. The summed E-state index contributed by atoms with van der Waals surface area (Å²) in [7, 11) is 0. The third-order valence-electron chi connectivity index (χ3n) is 7.12. The van der Waals surface area contributed by atoms with E-state index in [2.05, 4.69) is 11.9 Å². The number of hydrogen-bond donors (Lipinski definition) is 1. The highest BCUT2D eigenvalue weighted by Gasteiger charge is 2.46. The van der Waals surface area contributed by atoms with E-state index in [0.29, 0.717) is 42.3 Å². The molecule has 1 N–H and O–H groups in total. The topological polar surface area (TPSA) is 98.2 Å². The van der Waals surface area contributed by atoms with Crippen molar-refractivity contribution in [3.63, 3.8) is 0 Å². The van der Waals surface area contributed by atoms with E-state index in [4.69, 9.17) is 14.2 Å². The van der Waals surface area contributed by atoms with E-state index >= 15 is 0 Å². The van der Waals surface area contributed by atoms with E-state index in [0.717, 1.165) is 29.7 Å². The second-order valence-electron chi connectivity index (χ2n) is 10.1. The largest absolute Gasteiger partial charge is 0.507 e. The van der Waals surface area contributed by atoms with Crippen molar-refractivity contribution >= 4 is 17.4 Å². The van der Waals surface area contributed by atoms with Gasteiger partial charge in [-0.2, -0.15) is 0 Å². The fraction of sp³-hybridized carbons (Fsp3) is 0.344. The summed E-state index contributed by atoms with van der Waals surface area (Å²) >= 11 is 0. The highest BCUT2D eigenvalue weighted by atomic mass is 16.5. The van der Waals surface area contributed by atoms with Crippen LogP contribution >= 0.6 is 0 Å². The lowest BCUT2D eigenvalue weighted by molar-refractivity contribution is -0.140. The molecule has 1 saturated heterocycles. The summed E-state index contributed by atoms with van der Waals surface area (Å²) in [5.74, 6) is 0.230. The zero-order valence-corrected chi connectivity index (χ0v) is 23.1. The van der Waals surface area contributed by atoms with Crippen molar-refractivity contribution in [2.45, 2.75) is 58.7 Å². The average molecular weight is 543 g/mol. The minimum absolute atomic E-state index is 0.0305. The number of likely N-dealkylation sites (tertiary alicyclic amines) is 1. The van der Waals surface area contributed by atoms with Gasteiger partial charge in [-0.1, -0.05) is 25.5 Å². The summed E-state index contributed by atoms with van der Waals surface area (Å²) in [5, 5.41) is 11.6. The summed E-state index contributed by atoms with van der Waals surface area (Å²) in [6.45, 7) is 7.07. The van der Waals surface area contributed by atoms with Gasteiger partial charge in [0.25, 0.3) is 11.7 Å². The Morgan fingerprint density at radius 1 is 1.10 bits per heavy atom. The Morgan fingerprint density at radius 3 is 2.70 bits per heavy atom. The van der Waals surface area contributed by atoms with Crippen LogP contribution in [-0.4, -0.2) is 46.0 Å². The van der Waals surface area contributed by atoms with Gasteiger partial charge < -0.3 is 24.2 Å². The average Bonchev–Trinajstić information content (AvgIpc) is 3.45. The zero-order valence-electron chi connectivity index (χ0n) is 23.1. The number of aliphatic hydroxyl groups excluding tert-OH is 1. The summed E-state index contributed by atoms with van der Waals surface area (Å²) in [6.07, 6.45) is 5.95. The number of carbonyl (C=O) groups is 2. The van der Waals surface area contributed by atoms with Gasteiger partial charge in [0.15, 0.2) is 11.5 Å². The first kappa shape index (κ1) is 27.2. The van der Waals surface area contributed by atoms with Crippen LogP contribution in [0.5, 0.6) is 17.2 Å². The van der Waals surface area contributed by atoms with Crippen molar-refractivity contribution in [2.24, 2.45) is 0 Å². The van der Waals surface area contributed by atoms with E-state index in [-0.39, 0.29) is 24.0 Å². The van der Waals surface area contributed by atoms with Gasteiger partial charge >= 0.3 is 0 Å². The molecule has 0 spiro atoms. The lowest BCUT2D eigenvalue weighted by atomic mass is 9.94. The monoisotopic (exact) mass is 542 g/mol. The van der Waals surface area contributed by atoms with Gasteiger partial charge in [0.05, 0.1) is 24.8 Å². The zero-order chi connectivity index (χ0) is 28.2. The van der Waals surface area contributed by atoms with Crippen LogP contribution in [0, 0.1) is 0 Å². The molecule has 3 aromatic rings. The van der Waals surface area contributed by atoms with Crippen molar-refractivity contribution in [3.8, 4) is 17.2 Å². The van der Waals surface area contributed by atoms with Gasteiger partial charge in [0, 0.05) is 30.9 Å². The molecule has 208 valence electrons. The van der Waals surface area contributed by atoms with Crippen LogP contribution in [0.25, 0.3) is 5.76 Å². The Labute approximate surface area is 234 Å². The van der Waals surface area contributed by atoms with Crippen molar-refractivity contribution in [1.82, 2.24) is 9.88 Å². The highest BCUT2D eigenvalue weighted by Crippen LogP contribution is 2.43. The smallest absolute Gasteiger partial charge is 0.295 e. The standard InChI is InChI=1S/C32H34N2O6/c1-4-6-14-39-26-12-9-22(17-27(26)38-5-2)29-28(30(35)23-10-11-25-24(16-23)15-20(3)40-25)31(36)32(37)34(29)19-21-8-7-13-33-18-21/h7-13,16-18,20,29,35H,4-6,14-15,19H2,1-3H3/b30-28+/t20-,29+/m1/s1. The van der Waals surface area contributed by atoms with Gasteiger partial charge in [-0.15, -0.1) is 0 Å². The maximum absolute atomic E-state index is 13.5. The maximum Gasteiger partial charge on any atom is 0.295 e. The molecule has 1 fully saturated rings. The Morgan fingerprint density at radius 2 is 1.95 bits per heavy atom. The maximum atomic E-state index is 13.5. The molecule has 1 aromatic heterocycles. The van der Waals surface area contributed by atoms with Gasteiger partial charge in [0.1, 0.15) is 17.6 Å². The first-order chi connectivity index (χ1) is 19.4. The van der Waals surface area contributed by atoms with E-state index in [9.17, 15) is 14.7 Å². The van der Waals surface area contributed by atoms with E-state index in [1.165, 1.54) is 4.90 Å². The molecule has 0 unspecified atom stereocenters. The summed E-state index contributed by atoms with van der Waals surface area (Å²) in [5.41, 5.74) is 2.84. The number of ether oxygens (including phenoxy) is 3. The van der Waals surface area contributed by atoms with Crippen molar-refractivity contribution in [3.05, 3.63) is 88.8 Å². The minimum Gasteiger partial charge on any atom is -0.507 e. The van der Waals surface area contributed by atoms with Crippen molar-refractivity contribution < 1.29 is 28.9 Å². The number of aromatic nitrogens is 1. The third kappa shape index (κ3) is 5.39. The summed E-state index contributed by atoms with van der Waals surface area (Å²) in [6, 6.07) is 13.5. The molecule has 0 aliphatic carbocycles. The molecule has 0 saturated carbocycles. The molecule has 8 heteroatoms. The molecular formula is C32H34N2O6.